The first kappa shape index (κ1) is 21.2. The summed E-state index contributed by atoms with van der Waals surface area (Å²) in [5.74, 6) is 1.81. The first-order chi connectivity index (χ1) is 14.1. The molecule has 1 aliphatic heterocycles. The van der Waals surface area contributed by atoms with E-state index in [1.54, 1.807) is 18.2 Å². The molecule has 0 radical (unpaired) electrons. The van der Waals surface area contributed by atoms with Crippen LogP contribution in [0.2, 0.25) is 0 Å². The minimum Gasteiger partial charge on any atom is -0.434 e. The Morgan fingerprint density at radius 3 is 2.66 bits per heavy atom. The molecule has 158 valence electrons. The number of hydrogen-bond donors (Lipinski definition) is 1. The molecule has 0 bridgehead atoms. The number of aromatic nitrogens is 2. The second-order valence-electron chi connectivity index (χ2n) is 6.48. The number of anilines is 1. The highest BCUT2D eigenvalue weighted by atomic mass is 32.1. The van der Waals surface area contributed by atoms with Gasteiger partial charge in [0.2, 0.25) is 5.13 Å². The Labute approximate surface area is 173 Å². The lowest BCUT2D eigenvalue weighted by molar-refractivity contribution is -0.0504. The van der Waals surface area contributed by atoms with E-state index in [2.05, 4.69) is 34.2 Å². The van der Waals surface area contributed by atoms with E-state index in [-0.39, 0.29) is 12.3 Å². The number of guanidine groups is 1. The molecule has 1 aromatic heterocycles. The summed E-state index contributed by atoms with van der Waals surface area (Å²) in [5.41, 5.74) is 0.628. The number of halogens is 2. The molecule has 1 saturated heterocycles. The van der Waals surface area contributed by atoms with E-state index in [0.29, 0.717) is 5.56 Å². The van der Waals surface area contributed by atoms with E-state index in [9.17, 15) is 8.78 Å². The number of hydrogen-bond acceptors (Lipinski definition) is 6. The van der Waals surface area contributed by atoms with Crippen molar-refractivity contribution in [1.82, 2.24) is 19.6 Å². The van der Waals surface area contributed by atoms with Crippen molar-refractivity contribution >= 4 is 22.6 Å². The van der Waals surface area contributed by atoms with Crippen LogP contribution in [0.1, 0.15) is 25.2 Å². The second kappa shape index (κ2) is 10.3. The number of aryl methyl sites for hydroxylation is 1. The summed E-state index contributed by atoms with van der Waals surface area (Å²) in [6.07, 6.45) is 0.838. The van der Waals surface area contributed by atoms with Gasteiger partial charge in [-0.1, -0.05) is 25.1 Å². The van der Waals surface area contributed by atoms with Crippen molar-refractivity contribution in [3.8, 4) is 5.75 Å². The number of ether oxygens (including phenoxy) is 1. The fourth-order valence-electron chi connectivity index (χ4n) is 3.06. The van der Waals surface area contributed by atoms with Crippen molar-refractivity contribution in [3.05, 3.63) is 35.7 Å². The number of rotatable bonds is 7. The van der Waals surface area contributed by atoms with Gasteiger partial charge in [-0.3, -0.25) is 0 Å². The molecule has 1 N–H and O–H groups in total. The fraction of sp³-hybridized carbons (Fsp3) is 0.526. The van der Waals surface area contributed by atoms with Crippen LogP contribution in [-0.4, -0.2) is 59.6 Å². The Morgan fingerprint density at radius 2 is 2.00 bits per heavy atom. The minimum atomic E-state index is -2.85. The van der Waals surface area contributed by atoms with Gasteiger partial charge in [0, 0.05) is 56.2 Å². The largest absolute Gasteiger partial charge is 0.434 e. The highest BCUT2D eigenvalue weighted by molar-refractivity contribution is 7.09. The number of aliphatic imine (C=N–C) groups is 1. The lowest BCUT2D eigenvalue weighted by atomic mass is 10.2. The van der Waals surface area contributed by atoms with Crippen LogP contribution >= 0.6 is 11.5 Å². The summed E-state index contributed by atoms with van der Waals surface area (Å²) >= 11 is 1.44. The van der Waals surface area contributed by atoms with Crippen molar-refractivity contribution < 1.29 is 13.5 Å². The second-order valence-corrected chi connectivity index (χ2v) is 7.21. The molecule has 0 aliphatic carbocycles. The number of nitrogens with one attached hydrogen (secondary N) is 1. The lowest BCUT2D eigenvalue weighted by Gasteiger charge is -2.36. The topological polar surface area (TPSA) is 65.9 Å². The highest BCUT2D eigenvalue weighted by Crippen LogP contribution is 2.22. The molecule has 0 unspecified atom stereocenters. The number of benzene rings is 1. The highest BCUT2D eigenvalue weighted by Gasteiger charge is 2.22. The Kier molecular flexibility index (Phi) is 7.56. The fourth-order valence-corrected chi connectivity index (χ4v) is 3.86. The third kappa shape index (κ3) is 5.75. The van der Waals surface area contributed by atoms with Crippen molar-refractivity contribution in [2.24, 2.45) is 4.99 Å². The maximum atomic E-state index is 12.6. The predicted molar refractivity (Wildman–Crippen MR) is 111 cm³/mol. The molecule has 0 atom stereocenters. The zero-order valence-electron chi connectivity index (χ0n) is 16.6. The van der Waals surface area contributed by atoms with Crippen LogP contribution in [0.15, 0.2) is 29.3 Å². The molecule has 0 amide bonds. The average molecular weight is 425 g/mol. The molecule has 2 heterocycles. The van der Waals surface area contributed by atoms with Crippen molar-refractivity contribution in [2.45, 2.75) is 33.4 Å². The zero-order valence-corrected chi connectivity index (χ0v) is 17.5. The number of para-hydroxylation sites is 1. The molecule has 7 nitrogen and oxygen atoms in total. The van der Waals surface area contributed by atoms with Crippen LogP contribution in [0, 0.1) is 0 Å². The minimum absolute atomic E-state index is 0.162. The van der Waals surface area contributed by atoms with Crippen LogP contribution in [0.3, 0.4) is 0 Å². The van der Waals surface area contributed by atoms with E-state index in [0.717, 1.165) is 56.1 Å². The summed E-state index contributed by atoms with van der Waals surface area (Å²) in [7, 11) is 0. The van der Waals surface area contributed by atoms with Crippen LogP contribution in [0.5, 0.6) is 5.75 Å². The Hall–Kier alpha value is -2.49. The third-order valence-corrected chi connectivity index (χ3v) is 5.36. The molecular formula is C19H26F2N6OS. The third-order valence-electron chi connectivity index (χ3n) is 4.55. The SMILES string of the molecule is CCNC(=NCc1ccccc1OC(F)F)N1CCN(c2nc(CC)ns2)CC1. The number of alkyl halides is 2. The van der Waals surface area contributed by atoms with Gasteiger partial charge in [-0.2, -0.15) is 13.2 Å². The van der Waals surface area contributed by atoms with Crippen molar-refractivity contribution in [1.29, 1.82) is 0 Å². The molecule has 1 fully saturated rings. The van der Waals surface area contributed by atoms with Gasteiger partial charge in [-0.05, 0) is 13.0 Å². The van der Waals surface area contributed by atoms with E-state index in [1.165, 1.54) is 17.6 Å². The first-order valence-electron chi connectivity index (χ1n) is 9.74. The van der Waals surface area contributed by atoms with Gasteiger partial charge in [0.05, 0.1) is 6.54 Å². The number of nitrogens with zero attached hydrogens (tertiary/aromatic N) is 5. The quantitative estimate of drug-likeness (QED) is 0.545. The van der Waals surface area contributed by atoms with E-state index < -0.39 is 6.61 Å². The van der Waals surface area contributed by atoms with Crippen LogP contribution in [-0.2, 0) is 13.0 Å². The normalized spacial score (nSPS) is 15.1. The van der Waals surface area contributed by atoms with Crippen LogP contribution < -0.4 is 15.0 Å². The molecule has 2 aromatic rings. The zero-order chi connectivity index (χ0) is 20.6. The molecule has 29 heavy (non-hydrogen) atoms. The smallest absolute Gasteiger partial charge is 0.387 e. The Morgan fingerprint density at radius 1 is 1.24 bits per heavy atom. The first-order valence-corrected chi connectivity index (χ1v) is 10.5. The van der Waals surface area contributed by atoms with E-state index in [1.807, 2.05) is 13.8 Å². The van der Waals surface area contributed by atoms with Gasteiger partial charge in [-0.25, -0.2) is 9.98 Å². The molecule has 1 aliphatic rings. The van der Waals surface area contributed by atoms with Gasteiger partial charge in [0.1, 0.15) is 11.6 Å². The maximum Gasteiger partial charge on any atom is 0.387 e. The van der Waals surface area contributed by atoms with Gasteiger partial charge < -0.3 is 19.9 Å². The molecule has 3 rings (SSSR count). The van der Waals surface area contributed by atoms with Crippen molar-refractivity contribution in [3.63, 3.8) is 0 Å². The Balaban J connectivity index is 1.64. The lowest BCUT2D eigenvalue weighted by Crippen LogP contribution is -2.52. The Bertz CT molecular complexity index is 808. The van der Waals surface area contributed by atoms with Crippen molar-refractivity contribution in [2.75, 3.05) is 37.6 Å². The molecule has 0 saturated carbocycles. The molecule has 1 aromatic carbocycles. The number of piperazine rings is 1. The average Bonchev–Trinajstić information content (AvgIpc) is 3.21. The summed E-state index contributed by atoms with van der Waals surface area (Å²) in [6.45, 7) is 5.44. The van der Waals surface area contributed by atoms with Gasteiger partial charge >= 0.3 is 6.61 Å². The molecular weight excluding hydrogens is 398 g/mol. The summed E-state index contributed by atoms with van der Waals surface area (Å²) in [6, 6.07) is 6.76. The van der Waals surface area contributed by atoms with E-state index >= 15 is 0 Å². The van der Waals surface area contributed by atoms with Gasteiger partial charge in [0.15, 0.2) is 5.96 Å². The molecule has 0 spiro atoms. The summed E-state index contributed by atoms with van der Waals surface area (Å²) in [5, 5.41) is 4.25. The van der Waals surface area contributed by atoms with Crippen LogP contribution in [0.25, 0.3) is 0 Å². The monoisotopic (exact) mass is 424 g/mol. The van der Waals surface area contributed by atoms with Gasteiger partial charge in [-0.15, -0.1) is 0 Å². The summed E-state index contributed by atoms with van der Waals surface area (Å²) < 4.78 is 34.2. The van der Waals surface area contributed by atoms with Gasteiger partial charge in [0.25, 0.3) is 0 Å². The van der Waals surface area contributed by atoms with Crippen LogP contribution in [0.4, 0.5) is 13.9 Å². The summed E-state index contributed by atoms with van der Waals surface area (Å²) in [4.78, 5) is 13.6. The standard InChI is InChI=1S/C19H26F2N6OS/c1-3-16-24-19(29-25-16)27-11-9-26(10-12-27)18(22-4-2)23-13-14-7-5-6-8-15(14)28-17(20)21/h5-8,17H,3-4,9-13H2,1-2H3,(H,22,23). The van der Waals surface area contributed by atoms with E-state index in [4.69, 9.17) is 0 Å². The maximum absolute atomic E-state index is 12.6. The molecule has 10 heteroatoms. The predicted octanol–water partition coefficient (Wildman–Crippen LogP) is 2.99.